The van der Waals surface area contributed by atoms with E-state index >= 15 is 0 Å². The van der Waals surface area contributed by atoms with Crippen molar-refractivity contribution in [3.05, 3.63) is 35.4 Å². The molecule has 5 nitrogen and oxygen atoms in total. The minimum Gasteiger partial charge on any atom is -0.478 e. The van der Waals surface area contributed by atoms with Crippen molar-refractivity contribution in [1.82, 2.24) is 4.90 Å². The first kappa shape index (κ1) is 15.5. The van der Waals surface area contributed by atoms with Gasteiger partial charge in [0, 0.05) is 26.2 Å². The molecule has 0 aliphatic carbocycles. The fourth-order valence-electron chi connectivity index (χ4n) is 3.49. The van der Waals surface area contributed by atoms with Crippen molar-refractivity contribution >= 4 is 5.97 Å². The summed E-state index contributed by atoms with van der Waals surface area (Å²) in [6.45, 7) is 3.37. The van der Waals surface area contributed by atoms with Gasteiger partial charge in [0.1, 0.15) is 0 Å². The summed E-state index contributed by atoms with van der Waals surface area (Å²) >= 11 is 0. The lowest BCUT2D eigenvalue weighted by molar-refractivity contribution is -0.177. The van der Waals surface area contributed by atoms with Gasteiger partial charge in [0.25, 0.3) is 0 Å². The van der Waals surface area contributed by atoms with Crippen LogP contribution in [0.4, 0.5) is 0 Å². The van der Waals surface area contributed by atoms with Gasteiger partial charge in [-0.15, -0.1) is 0 Å². The van der Waals surface area contributed by atoms with Gasteiger partial charge >= 0.3 is 5.97 Å². The quantitative estimate of drug-likeness (QED) is 0.892. The number of rotatable bonds is 3. The van der Waals surface area contributed by atoms with Gasteiger partial charge in [-0.05, 0) is 43.4 Å². The van der Waals surface area contributed by atoms with Gasteiger partial charge in [-0.25, -0.2) is 4.79 Å². The number of aliphatic hydroxyl groups excluding tert-OH is 1. The predicted octanol–water partition coefficient (Wildman–Crippen LogP) is 1.89. The molecule has 1 atom stereocenters. The molecular weight excluding hydrogens is 282 g/mol. The minimum atomic E-state index is -0.894. The Morgan fingerprint density at radius 2 is 1.95 bits per heavy atom. The van der Waals surface area contributed by atoms with Crippen LogP contribution in [0.3, 0.4) is 0 Å². The van der Waals surface area contributed by atoms with Crippen LogP contribution in [0.15, 0.2) is 24.3 Å². The van der Waals surface area contributed by atoms with Gasteiger partial charge in [0.05, 0.1) is 17.3 Å². The second-order valence-electron chi connectivity index (χ2n) is 6.35. The van der Waals surface area contributed by atoms with E-state index in [1.54, 1.807) is 12.1 Å². The van der Waals surface area contributed by atoms with Gasteiger partial charge in [-0.1, -0.05) is 12.1 Å². The van der Waals surface area contributed by atoms with E-state index in [4.69, 9.17) is 9.84 Å². The molecule has 2 aliphatic heterocycles. The molecule has 0 amide bonds. The van der Waals surface area contributed by atoms with Crippen molar-refractivity contribution in [3.8, 4) is 0 Å². The Hall–Kier alpha value is -1.43. The summed E-state index contributed by atoms with van der Waals surface area (Å²) in [4.78, 5) is 13.2. The van der Waals surface area contributed by atoms with Gasteiger partial charge < -0.3 is 14.9 Å². The van der Waals surface area contributed by atoms with Crippen molar-refractivity contribution in [2.45, 2.75) is 43.9 Å². The molecular formula is C17H23NO4. The highest BCUT2D eigenvalue weighted by Gasteiger charge is 2.43. The van der Waals surface area contributed by atoms with E-state index in [0.29, 0.717) is 5.56 Å². The molecule has 2 saturated heterocycles. The zero-order valence-electron chi connectivity index (χ0n) is 12.7. The summed E-state index contributed by atoms with van der Waals surface area (Å²) in [6.07, 6.45) is 3.18. The van der Waals surface area contributed by atoms with Crippen molar-refractivity contribution in [3.63, 3.8) is 0 Å². The van der Waals surface area contributed by atoms with Crippen molar-refractivity contribution < 1.29 is 19.7 Å². The average molecular weight is 305 g/mol. The molecule has 2 aliphatic rings. The number of likely N-dealkylation sites (tertiary alicyclic amines) is 1. The van der Waals surface area contributed by atoms with Gasteiger partial charge in [0.15, 0.2) is 0 Å². The summed E-state index contributed by atoms with van der Waals surface area (Å²) in [5, 5.41) is 19.2. The molecule has 5 heteroatoms. The Kier molecular flexibility index (Phi) is 4.47. The summed E-state index contributed by atoms with van der Waals surface area (Å²) in [7, 11) is 0. The maximum absolute atomic E-state index is 10.9. The molecule has 22 heavy (non-hydrogen) atoms. The molecule has 2 fully saturated rings. The maximum atomic E-state index is 10.9. The van der Waals surface area contributed by atoms with E-state index in [-0.39, 0.29) is 11.7 Å². The zero-order valence-corrected chi connectivity index (χ0v) is 12.7. The first-order valence-corrected chi connectivity index (χ1v) is 7.96. The second-order valence-corrected chi connectivity index (χ2v) is 6.35. The number of nitrogens with zero attached hydrogens (tertiary/aromatic N) is 1. The molecule has 0 radical (unpaired) electrons. The van der Waals surface area contributed by atoms with Gasteiger partial charge in [0.2, 0.25) is 0 Å². The van der Waals surface area contributed by atoms with Crippen LogP contribution in [-0.4, -0.2) is 52.5 Å². The highest BCUT2D eigenvalue weighted by atomic mass is 16.5. The third-order valence-corrected chi connectivity index (χ3v) is 4.93. The number of piperidine rings is 1. The third kappa shape index (κ3) is 3.16. The number of hydrogen-bond acceptors (Lipinski definition) is 4. The van der Waals surface area contributed by atoms with Crippen LogP contribution in [0.2, 0.25) is 0 Å². The number of carboxylic acid groups (broad SMARTS) is 1. The van der Waals surface area contributed by atoms with Crippen LogP contribution in [0.25, 0.3) is 0 Å². The molecule has 2 heterocycles. The Labute approximate surface area is 130 Å². The standard InChI is InChI=1S/C17H23NO4/c19-15-2-1-11-22-17(15)7-9-18(10-8-17)12-13-3-5-14(6-4-13)16(20)21/h3-6,15,19H,1-2,7-12H2,(H,20,21)/t15-/m1/s1. The molecule has 1 aromatic carbocycles. The smallest absolute Gasteiger partial charge is 0.335 e. The first-order chi connectivity index (χ1) is 10.6. The number of carbonyl (C=O) groups is 1. The maximum Gasteiger partial charge on any atom is 0.335 e. The van der Waals surface area contributed by atoms with E-state index in [2.05, 4.69) is 4.90 Å². The van der Waals surface area contributed by atoms with E-state index < -0.39 is 5.97 Å². The number of benzene rings is 1. The highest BCUT2D eigenvalue weighted by Crippen LogP contribution is 2.35. The number of aliphatic hydroxyl groups is 1. The van der Waals surface area contributed by atoms with Crippen LogP contribution in [0.5, 0.6) is 0 Å². The molecule has 3 rings (SSSR count). The Bertz CT molecular complexity index is 520. The normalized spacial score (nSPS) is 25.2. The van der Waals surface area contributed by atoms with Gasteiger partial charge in [-0.2, -0.15) is 0 Å². The van der Waals surface area contributed by atoms with Crippen molar-refractivity contribution in [2.75, 3.05) is 19.7 Å². The van der Waals surface area contributed by atoms with E-state index in [1.807, 2.05) is 12.1 Å². The molecule has 0 aromatic heterocycles. The van der Waals surface area contributed by atoms with Crippen LogP contribution in [-0.2, 0) is 11.3 Å². The molecule has 0 bridgehead atoms. The third-order valence-electron chi connectivity index (χ3n) is 4.93. The number of hydrogen-bond donors (Lipinski definition) is 2. The van der Waals surface area contributed by atoms with Crippen LogP contribution >= 0.6 is 0 Å². The second kappa shape index (κ2) is 6.36. The SMILES string of the molecule is O=C(O)c1ccc(CN2CCC3(CC2)OCCC[C@H]3O)cc1. The lowest BCUT2D eigenvalue weighted by Gasteiger charge is -2.46. The number of aromatic carboxylic acids is 1. The van der Waals surface area contributed by atoms with E-state index in [1.165, 1.54) is 0 Å². The van der Waals surface area contributed by atoms with E-state index in [9.17, 15) is 9.90 Å². The fourth-order valence-corrected chi connectivity index (χ4v) is 3.49. The van der Waals surface area contributed by atoms with Crippen LogP contribution in [0.1, 0.15) is 41.6 Å². The zero-order chi connectivity index (χ0) is 15.6. The van der Waals surface area contributed by atoms with Crippen molar-refractivity contribution in [2.24, 2.45) is 0 Å². The Morgan fingerprint density at radius 3 is 2.55 bits per heavy atom. The van der Waals surface area contributed by atoms with E-state index in [0.717, 1.165) is 57.5 Å². The molecule has 0 saturated carbocycles. The molecule has 120 valence electrons. The first-order valence-electron chi connectivity index (χ1n) is 7.96. The molecule has 2 N–H and O–H groups in total. The summed E-state index contributed by atoms with van der Waals surface area (Å²) < 4.78 is 5.92. The monoisotopic (exact) mass is 305 g/mol. The Morgan fingerprint density at radius 1 is 1.27 bits per heavy atom. The van der Waals surface area contributed by atoms with Crippen LogP contribution in [0, 0.1) is 0 Å². The topological polar surface area (TPSA) is 70.0 Å². The van der Waals surface area contributed by atoms with Crippen molar-refractivity contribution in [1.29, 1.82) is 0 Å². The summed E-state index contributed by atoms with van der Waals surface area (Å²) in [5.41, 5.74) is 1.10. The predicted molar refractivity (Wildman–Crippen MR) is 81.8 cm³/mol. The van der Waals surface area contributed by atoms with Crippen LogP contribution < -0.4 is 0 Å². The molecule has 1 spiro atoms. The average Bonchev–Trinajstić information content (AvgIpc) is 2.53. The largest absolute Gasteiger partial charge is 0.478 e. The lowest BCUT2D eigenvalue weighted by atomic mass is 9.82. The number of carboxylic acids is 1. The highest BCUT2D eigenvalue weighted by molar-refractivity contribution is 5.87. The molecule has 1 aromatic rings. The summed E-state index contributed by atoms with van der Waals surface area (Å²) in [6, 6.07) is 7.05. The summed E-state index contributed by atoms with van der Waals surface area (Å²) in [5.74, 6) is -0.894. The fraction of sp³-hybridized carbons (Fsp3) is 0.588. The lowest BCUT2D eigenvalue weighted by Crippen LogP contribution is -2.55. The Balaban J connectivity index is 1.56. The minimum absolute atomic E-state index is 0.320. The van der Waals surface area contributed by atoms with Gasteiger partial charge in [-0.3, -0.25) is 4.90 Å². The molecule has 0 unspecified atom stereocenters. The number of ether oxygens (including phenoxy) is 1.